The van der Waals surface area contributed by atoms with Gasteiger partial charge in [-0.3, -0.25) is 0 Å². The molecule has 0 atom stereocenters. The number of nitrogens with zero attached hydrogens (tertiary/aromatic N) is 6. The number of thiazole rings is 2. The topological polar surface area (TPSA) is 135 Å². The van der Waals surface area contributed by atoms with Gasteiger partial charge in [0.25, 0.3) is 0 Å². The van der Waals surface area contributed by atoms with Gasteiger partial charge in [0.05, 0.1) is 28.3 Å². The number of aryl methyl sites for hydroxylation is 1. The summed E-state index contributed by atoms with van der Waals surface area (Å²) in [6, 6.07) is 24.6. The SMILES string of the molecule is COc1ccc(Cc2csc(N3CCN(S(=O)(=O)c4ccc(OC(F)(F)F)cc4)CC3)n2)cc1.Cc1ccc(Cc2csc(N3CCN(S(=O)(=O)c4ccc(OC(F)(F)F)cc4)CC3)n2)cc1. The Hall–Kier alpha value is -5.46. The van der Waals surface area contributed by atoms with Gasteiger partial charge in [0.2, 0.25) is 20.0 Å². The molecule has 0 aliphatic carbocycles. The lowest BCUT2D eigenvalue weighted by Crippen LogP contribution is -2.48. The Morgan fingerprint density at radius 3 is 1.21 bits per heavy atom. The van der Waals surface area contributed by atoms with Crippen LogP contribution >= 0.6 is 22.7 Å². The first-order valence-corrected chi connectivity index (χ1v) is 25.2. The molecule has 2 fully saturated rings. The van der Waals surface area contributed by atoms with Crippen molar-refractivity contribution in [2.24, 2.45) is 0 Å². The van der Waals surface area contributed by atoms with Gasteiger partial charge in [-0.1, -0.05) is 42.0 Å². The summed E-state index contributed by atoms with van der Waals surface area (Å²) in [5, 5.41) is 5.69. The molecule has 13 nitrogen and oxygen atoms in total. The summed E-state index contributed by atoms with van der Waals surface area (Å²) >= 11 is 3.04. The summed E-state index contributed by atoms with van der Waals surface area (Å²) in [7, 11) is -6.02. The van der Waals surface area contributed by atoms with Gasteiger partial charge >= 0.3 is 12.7 Å². The predicted molar refractivity (Wildman–Crippen MR) is 242 cm³/mol. The molecule has 2 saturated heterocycles. The third-order valence-electron chi connectivity index (χ3n) is 10.5. The lowest BCUT2D eigenvalue weighted by molar-refractivity contribution is -0.275. The van der Waals surface area contributed by atoms with Crippen molar-refractivity contribution < 1.29 is 57.4 Å². The highest BCUT2D eigenvalue weighted by Gasteiger charge is 2.34. The normalized spacial score (nSPS) is 15.5. The molecular weight excluding hydrogens is 967 g/mol. The zero-order chi connectivity index (χ0) is 48.0. The zero-order valence-electron chi connectivity index (χ0n) is 35.9. The summed E-state index contributed by atoms with van der Waals surface area (Å²) in [5.74, 6) is -0.136. The minimum absolute atomic E-state index is 0.0693. The Kier molecular flexibility index (Phi) is 15.4. The Balaban J connectivity index is 0.000000199. The molecule has 67 heavy (non-hydrogen) atoms. The molecule has 0 radical (unpaired) electrons. The average Bonchev–Trinajstić information content (AvgIpc) is 3.97. The molecule has 0 spiro atoms. The van der Waals surface area contributed by atoms with Crippen molar-refractivity contribution in [1.82, 2.24) is 18.6 Å². The predicted octanol–water partition coefficient (Wildman–Crippen LogP) is 8.60. The molecule has 8 rings (SSSR count). The van der Waals surface area contributed by atoms with Gasteiger partial charge in [0.1, 0.15) is 17.2 Å². The molecule has 0 N–H and O–H groups in total. The molecule has 358 valence electrons. The molecule has 0 saturated carbocycles. The van der Waals surface area contributed by atoms with Crippen molar-refractivity contribution in [1.29, 1.82) is 0 Å². The Labute approximate surface area is 391 Å². The van der Waals surface area contributed by atoms with Crippen LogP contribution in [-0.4, -0.2) is 108 Å². The van der Waals surface area contributed by atoms with E-state index in [0.717, 1.165) is 87.9 Å². The number of rotatable bonds is 13. The van der Waals surface area contributed by atoms with E-state index in [2.05, 4.69) is 38.6 Å². The van der Waals surface area contributed by atoms with Crippen LogP contribution in [0.5, 0.6) is 17.2 Å². The molecule has 23 heteroatoms. The molecule has 6 aromatic rings. The number of ether oxygens (including phenoxy) is 3. The highest BCUT2D eigenvalue weighted by Crippen LogP contribution is 2.30. The fourth-order valence-corrected chi connectivity index (χ4v) is 11.7. The standard InChI is InChI=1S/C22H22F3N3O4S2.C22H22F3N3O3S2/c1-31-18-4-2-16(3-5-18)14-17-15-33-21(26-17)27-10-12-28(13-11-27)34(29,30)20-8-6-19(7-9-20)32-22(23,24)25;1-16-2-4-17(5-3-16)14-18-15-32-21(26-18)27-10-12-28(13-11-27)33(29,30)20-8-6-19(7-9-20)31-22(23,24)25/h2-9,15H,10-14H2,1H3;2-9,15H,10-14H2,1H3. The van der Waals surface area contributed by atoms with E-state index in [0.29, 0.717) is 32.6 Å². The van der Waals surface area contributed by atoms with Crippen LogP contribution in [-0.2, 0) is 32.9 Å². The van der Waals surface area contributed by atoms with Gasteiger partial charge in [0, 0.05) is 76.0 Å². The van der Waals surface area contributed by atoms with Crippen LogP contribution in [0.25, 0.3) is 0 Å². The number of benzene rings is 4. The first kappa shape index (κ1) is 49.4. The van der Waals surface area contributed by atoms with Crippen LogP contribution < -0.4 is 24.0 Å². The third kappa shape index (κ3) is 13.4. The number of halogens is 6. The number of sulfonamides is 2. The number of piperazine rings is 2. The van der Waals surface area contributed by atoms with Crippen molar-refractivity contribution in [2.45, 2.75) is 42.3 Å². The first-order valence-electron chi connectivity index (χ1n) is 20.5. The van der Waals surface area contributed by atoms with Crippen molar-refractivity contribution in [3.8, 4) is 17.2 Å². The van der Waals surface area contributed by atoms with E-state index in [1.807, 2.05) is 46.8 Å². The van der Waals surface area contributed by atoms with Gasteiger partial charge in [-0.15, -0.1) is 49.0 Å². The van der Waals surface area contributed by atoms with E-state index in [-0.39, 0.29) is 36.0 Å². The summed E-state index contributed by atoms with van der Waals surface area (Å²) in [6.45, 7) is 4.94. The number of aromatic nitrogens is 2. The van der Waals surface area contributed by atoms with Gasteiger partial charge in [0.15, 0.2) is 10.3 Å². The van der Waals surface area contributed by atoms with Crippen molar-refractivity contribution >= 4 is 53.0 Å². The highest BCUT2D eigenvalue weighted by atomic mass is 32.2. The Morgan fingerprint density at radius 2 is 0.866 bits per heavy atom. The largest absolute Gasteiger partial charge is 0.573 e. The van der Waals surface area contributed by atoms with E-state index in [1.165, 1.54) is 42.4 Å². The maximum Gasteiger partial charge on any atom is 0.573 e. The summed E-state index contributed by atoms with van der Waals surface area (Å²) in [5.41, 5.74) is 5.40. The van der Waals surface area contributed by atoms with Crippen molar-refractivity contribution in [3.05, 3.63) is 136 Å². The van der Waals surface area contributed by atoms with Crippen molar-refractivity contribution in [2.75, 3.05) is 69.3 Å². The molecule has 2 aromatic heterocycles. The second-order valence-electron chi connectivity index (χ2n) is 15.3. The quantitative estimate of drug-likeness (QED) is 0.103. The highest BCUT2D eigenvalue weighted by molar-refractivity contribution is 7.89. The van der Waals surface area contributed by atoms with E-state index in [9.17, 15) is 43.2 Å². The maximum atomic E-state index is 12.9. The zero-order valence-corrected chi connectivity index (χ0v) is 39.2. The monoisotopic (exact) mass is 1010 g/mol. The minimum atomic E-state index is -4.83. The lowest BCUT2D eigenvalue weighted by Gasteiger charge is -2.33. The fourth-order valence-electron chi connectivity index (χ4n) is 7.08. The van der Waals surface area contributed by atoms with Gasteiger partial charge < -0.3 is 24.0 Å². The van der Waals surface area contributed by atoms with Crippen LogP contribution in [0, 0.1) is 6.92 Å². The maximum absolute atomic E-state index is 12.9. The van der Waals surface area contributed by atoms with Crippen LogP contribution in [0.2, 0.25) is 0 Å². The van der Waals surface area contributed by atoms with Crippen LogP contribution in [0.1, 0.15) is 28.1 Å². The molecule has 4 heterocycles. The average molecular weight is 1010 g/mol. The number of hydrogen-bond acceptors (Lipinski definition) is 13. The summed E-state index contributed by atoms with van der Waals surface area (Å²) < 4.78 is 141. The second kappa shape index (κ2) is 20.8. The molecule has 0 amide bonds. The van der Waals surface area contributed by atoms with Crippen LogP contribution in [0.4, 0.5) is 36.6 Å². The number of methoxy groups -OCH3 is 1. The van der Waals surface area contributed by atoms with E-state index < -0.39 is 44.3 Å². The molecule has 0 bridgehead atoms. The van der Waals surface area contributed by atoms with E-state index in [4.69, 9.17) is 14.7 Å². The second-order valence-corrected chi connectivity index (χ2v) is 20.8. The van der Waals surface area contributed by atoms with E-state index >= 15 is 0 Å². The first-order chi connectivity index (χ1) is 31.7. The lowest BCUT2D eigenvalue weighted by atomic mass is 10.1. The van der Waals surface area contributed by atoms with Gasteiger partial charge in [-0.25, -0.2) is 26.8 Å². The number of alkyl halides is 6. The van der Waals surface area contributed by atoms with Crippen LogP contribution in [0.3, 0.4) is 0 Å². The molecule has 0 unspecified atom stereocenters. The Bertz CT molecular complexity index is 2780. The Morgan fingerprint density at radius 1 is 0.522 bits per heavy atom. The fraction of sp³-hybridized carbons (Fsp3) is 0.318. The van der Waals surface area contributed by atoms with E-state index in [1.54, 1.807) is 7.11 Å². The summed E-state index contributed by atoms with van der Waals surface area (Å²) in [4.78, 5) is 13.3. The minimum Gasteiger partial charge on any atom is -0.497 e. The molecule has 4 aromatic carbocycles. The summed E-state index contributed by atoms with van der Waals surface area (Å²) in [6.07, 6.45) is -8.24. The molecule has 2 aliphatic rings. The molecule has 2 aliphatic heterocycles. The smallest absolute Gasteiger partial charge is 0.497 e. The van der Waals surface area contributed by atoms with Crippen LogP contribution in [0.15, 0.2) is 118 Å². The third-order valence-corrected chi connectivity index (χ3v) is 16.3. The van der Waals surface area contributed by atoms with Crippen molar-refractivity contribution in [3.63, 3.8) is 0 Å². The number of hydrogen-bond donors (Lipinski definition) is 0. The van der Waals surface area contributed by atoms with Gasteiger partial charge in [-0.2, -0.15) is 8.61 Å². The molecular formula is C44H44F6N6O7S4. The van der Waals surface area contributed by atoms with Gasteiger partial charge in [-0.05, 0) is 78.7 Å². The number of anilines is 2.